The third kappa shape index (κ3) is 3.30. The Bertz CT molecular complexity index is 910. The number of aromatic amines is 1. The summed E-state index contributed by atoms with van der Waals surface area (Å²) in [5, 5.41) is -0.314. The Hall–Kier alpha value is -2.13. The predicted molar refractivity (Wildman–Crippen MR) is 80.0 cm³/mol. The second-order valence-corrected chi connectivity index (χ2v) is 7.39. The third-order valence-corrected chi connectivity index (χ3v) is 4.58. The molecule has 0 saturated carbocycles. The summed E-state index contributed by atoms with van der Waals surface area (Å²) in [5.74, 6) is -0.391. The molecule has 0 spiro atoms. The zero-order chi connectivity index (χ0) is 16.6. The third-order valence-electron chi connectivity index (χ3n) is 3.69. The molecule has 1 aliphatic heterocycles. The van der Waals surface area contributed by atoms with Crippen molar-refractivity contribution in [2.24, 2.45) is 0 Å². The van der Waals surface area contributed by atoms with E-state index in [1.807, 2.05) is 4.90 Å². The lowest BCUT2D eigenvalue weighted by atomic mass is 10.1. The van der Waals surface area contributed by atoms with E-state index in [2.05, 4.69) is 15.0 Å². The molecule has 23 heavy (non-hydrogen) atoms. The number of halogens is 1. The lowest BCUT2D eigenvalue weighted by Crippen LogP contribution is -2.36. The number of hydrogen-bond donors (Lipinski definition) is 1. The van der Waals surface area contributed by atoms with E-state index in [9.17, 15) is 17.6 Å². The first-order chi connectivity index (χ1) is 10.8. The van der Waals surface area contributed by atoms with Crippen LogP contribution in [-0.2, 0) is 29.3 Å². The van der Waals surface area contributed by atoms with Gasteiger partial charge < -0.3 is 0 Å². The molecule has 0 bridgehead atoms. The zero-order valence-electron chi connectivity index (χ0n) is 12.4. The molecule has 0 radical (unpaired) electrons. The zero-order valence-corrected chi connectivity index (χ0v) is 13.2. The van der Waals surface area contributed by atoms with Crippen LogP contribution in [0.5, 0.6) is 0 Å². The molecule has 122 valence electrons. The number of H-pyrrole nitrogens is 1. The molecule has 0 fully saturated rings. The van der Waals surface area contributed by atoms with Crippen LogP contribution in [0.25, 0.3) is 0 Å². The molecule has 7 nitrogen and oxygen atoms in total. The van der Waals surface area contributed by atoms with Crippen molar-refractivity contribution >= 4 is 9.84 Å². The number of nitrogens with zero attached hydrogens (tertiary/aromatic N) is 3. The molecule has 0 unspecified atom stereocenters. The van der Waals surface area contributed by atoms with Crippen LogP contribution >= 0.6 is 0 Å². The van der Waals surface area contributed by atoms with E-state index in [0.717, 1.165) is 6.26 Å². The van der Waals surface area contributed by atoms with Gasteiger partial charge in [0.05, 0.1) is 17.0 Å². The highest BCUT2D eigenvalue weighted by molar-refractivity contribution is 7.90. The van der Waals surface area contributed by atoms with Crippen molar-refractivity contribution in [3.63, 3.8) is 0 Å². The predicted octanol–water partition coefficient (Wildman–Crippen LogP) is 0.266. The van der Waals surface area contributed by atoms with Crippen LogP contribution in [0.1, 0.15) is 17.0 Å². The van der Waals surface area contributed by atoms with Crippen molar-refractivity contribution in [1.82, 2.24) is 19.9 Å². The normalized spacial score (nSPS) is 15.4. The minimum atomic E-state index is -3.57. The number of sulfone groups is 1. The van der Waals surface area contributed by atoms with E-state index in [1.54, 1.807) is 0 Å². The number of rotatable bonds is 3. The maximum Gasteiger partial charge on any atom is 0.256 e. The topological polar surface area (TPSA) is 96.0 Å². The van der Waals surface area contributed by atoms with E-state index >= 15 is 0 Å². The van der Waals surface area contributed by atoms with E-state index in [1.165, 1.54) is 18.3 Å². The van der Waals surface area contributed by atoms with E-state index in [4.69, 9.17) is 0 Å². The molecular formula is C14H15FN4O3S. The highest BCUT2D eigenvalue weighted by Gasteiger charge is 2.24. The molecule has 9 heteroatoms. The average Bonchev–Trinajstić information content (AvgIpc) is 2.49. The quantitative estimate of drug-likeness (QED) is 0.807. The molecule has 0 saturated heterocycles. The summed E-state index contributed by atoms with van der Waals surface area (Å²) in [6.45, 7) is 1.10. The van der Waals surface area contributed by atoms with Gasteiger partial charge in [-0.3, -0.25) is 19.7 Å². The maximum absolute atomic E-state index is 13.7. The molecule has 0 aromatic carbocycles. The second kappa shape index (κ2) is 5.82. The highest BCUT2D eigenvalue weighted by Crippen LogP contribution is 2.17. The van der Waals surface area contributed by atoms with E-state index < -0.39 is 21.2 Å². The summed E-state index contributed by atoms with van der Waals surface area (Å²) in [7, 11) is -3.57. The van der Waals surface area contributed by atoms with Gasteiger partial charge in [0.15, 0.2) is 0 Å². The Kier molecular flexibility index (Phi) is 3.99. The SMILES string of the molecule is CS(=O)(=O)c1nc2c(c(=O)[nH]1)CN(Cc1ncccc1F)CC2. The smallest absolute Gasteiger partial charge is 0.256 e. The highest BCUT2D eigenvalue weighted by atomic mass is 32.2. The molecule has 0 atom stereocenters. The first-order valence-corrected chi connectivity index (χ1v) is 8.87. The van der Waals surface area contributed by atoms with Gasteiger partial charge in [0.25, 0.3) is 5.56 Å². The first kappa shape index (κ1) is 15.8. The summed E-state index contributed by atoms with van der Waals surface area (Å²) < 4.78 is 36.7. The number of pyridine rings is 1. The van der Waals surface area contributed by atoms with Gasteiger partial charge in [-0.2, -0.15) is 0 Å². The molecular weight excluding hydrogens is 323 g/mol. The number of fused-ring (bicyclic) bond motifs is 1. The lowest BCUT2D eigenvalue weighted by molar-refractivity contribution is 0.234. The van der Waals surface area contributed by atoms with Crippen LogP contribution in [0, 0.1) is 5.82 Å². The van der Waals surface area contributed by atoms with Crippen LogP contribution in [0.15, 0.2) is 28.3 Å². The molecule has 2 aromatic heterocycles. The van der Waals surface area contributed by atoms with Gasteiger partial charge in [-0.15, -0.1) is 0 Å². The Morgan fingerprint density at radius 2 is 2.22 bits per heavy atom. The van der Waals surface area contributed by atoms with Gasteiger partial charge in [0, 0.05) is 38.5 Å². The van der Waals surface area contributed by atoms with Crippen molar-refractivity contribution in [3.05, 3.63) is 51.5 Å². The van der Waals surface area contributed by atoms with E-state index in [0.29, 0.717) is 29.9 Å². The molecule has 1 aliphatic rings. The summed E-state index contributed by atoms with van der Waals surface area (Å²) >= 11 is 0. The average molecular weight is 338 g/mol. The minimum absolute atomic E-state index is 0.276. The molecule has 1 N–H and O–H groups in total. The Morgan fingerprint density at radius 1 is 1.43 bits per heavy atom. The van der Waals surface area contributed by atoms with Crippen molar-refractivity contribution in [2.45, 2.75) is 24.7 Å². The van der Waals surface area contributed by atoms with Gasteiger partial charge in [0.1, 0.15) is 5.82 Å². The molecule has 0 aliphatic carbocycles. The van der Waals surface area contributed by atoms with Crippen molar-refractivity contribution in [3.8, 4) is 0 Å². The van der Waals surface area contributed by atoms with Gasteiger partial charge in [-0.05, 0) is 12.1 Å². The molecule has 2 aromatic rings. The van der Waals surface area contributed by atoms with Crippen LogP contribution in [0.3, 0.4) is 0 Å². The second-order valence-electron chi connectivity index (χ2n) is 5.46. The Labute approximate surface area is 132 Å². The summed E-state index contributed by atoms with van der Waals surface area (Å²) in [5.41, 5.74) is 0.738. The largest absolute Gasteiger partial charge is 0.297 e. The van der Waals surface area contributed by atoms with Gasteiger partial charge in [-0.1, -0.05) is 0 Å². The Balaban J connectivity index is 1.87. The summed E-state index contributed by atoms with van der Waals surface area (Å²) in [6.07, 6.45) is 2.94. The summed E-state index contributed by atoms with van der Waals surface area (Å²) in [4.78, 5) is 24.3. The molecule has 0 amide bonds. The molecule has 3 heterocycles. The number of nitrogens with one attached hydrogen (secondary N) is 1. The number of aromatic nitrogens is 3. The minimum Gasteiger partial charge on any atom is -0.297 e. The molecule has 3 rings (SSSR count). The number of hydrogen-bond acceptors (Lipinski definition) is 6. The fourth-order valence-corrected chi connectivity index (χ4v) is 3.07. The monoisotopic (exact) mass is 338 g/mol. The lowest BCUT2D eigenvalue weighted by Gasteiger charge is -2.27. The fraction of sp³-hybridized carbons (Fsp3) is 0.357. The van der Waals surface area contributed by atoms with Crippen LogP contribution in [0.4, 0.5) is 4.39 Å². The maximum atomic E-state index is 13.7. The van der Waals surface area contributed by atoms with E-state index in [-0.39, 0.29) is 18.2 Å². The summed E-state index contributed by atoms with van der Waals surface area (Å²) in [6, 6.07) is 2.86. The Morgan fingerprint density at radius 3 is 2.91 bits per heavy atom. The first-order valence-electron chi connectivity index (χ1n) is 6.98. The van der Waals surface area contributed by atoms with Crippen LogP contribution in [0.2, 0.25) is 0 Å². The van der Waals surface area contributed by atoms with Crippen molar-refractivity contribution in [2.75, 3.05) is 12.8 Å². The van der Waals surface area contributed by atoms with Crippen molar-refractivity contribution < 1.29 is 12.8 Å². The standard InChI is InChI=1S/C14H15FN4O3S/c1-23(21,22)14-17-11-4-6-19(7-9(11)13(20)18-14)8-12-10(15)3-2-5-16-12/h2-3,5H,4,6-8H2,1H3,(H,17,18,20). The van der Waals surface area contributed by atoms with Crippen LogP contribution < -0.4 is 5.56 Å². The van der Waals surface area contributed by atoms with Gasteiger partial charge >= 0.3 is 0 Å². The fourth-order valence-electron chi connectivity index (χ4n) is 2.52. The van der Waals surface area contributed by atoms with Gasteiger partial charge in [0.2, 0.25) is 15.0 Å². The van der Waals surface area contributed by atoms with Crippen molar-refractivity contribution in [1.29, 1.82) is 0 Å². The van der Waals surface area contributed by atoms with Crippen LogP contribution in [-0.4, -0.2) is 41.1 Å². The van der Waals surface area contributed by atoms with Gasteiger partial charge in [-0.25, -0.2) is 17.8 Å².